The molecule has 28 heavy (non-hydrogen) atoms. The van der Waals surface area contributed by atoms with Crippen LogP contribution in [0.2, 0.25) is 5.02 Å². The number of aromatic nitrogens is 4. The maximum atomic E-state index is 14.2. The Morgan fingerprint density at radius 3 is 2.46 bits per heavy atom. The summed E-state index contributed by atoms with van der Waals surface area (Å²) in [6, 6.07) is 8.17. The summed E-state index contributed by atoms with van der Waals surface area (Å²) in [5, 5.41) is 4.66. The maximum absolute atomic E-state index is 14.2. The molecule has 0 saturated heterocycles. The van der Waals surface area contributed by atoms with E-state index in [1.54, 1.807) is 43.5 Å². The van der Waals surface area contributed by atoms with Crippen LogP contribution in [0.5, 0.6) is 0 Å². The molecule has 0 aliphatic heterocycles. The lowest BCUT2D eigenvalue weighted by atomic mass is 10.00. The molecule has 146 valence electrons. The first-order valence-corrected chi connectivity index (χ1v) is 9.21. The summed E-state index contributed by atoms with van der Waals surface area (Å²) in [7, 11) is 0. The number of hydrogen-bond acceptors (Lipinski definition) is 4. The summed E-state index contributed by atoms with van der Waals surface area (Å²) in [6.45, 7) is 4.52. The Labute approximate surface area is 166 Å². The van der Waals surface area contributed by atoms with E-state index in [9.17, 15) is 14.0 Å². The molecule has 0 radical (unpaired) electrons. The van der Waals surface area contributed by atoms with Gasteiger partial charge in [-0.2, -0.15) is 0 Å². The normalized spacial score (nSPS) is 11.6. The van der Waals surface area contributed by atoms with Crippen LogP contribution in [0.25, 0.3) is 17.1 Å². The van der Waals surface area contributed by atoms with Gasteiger partial charge < -0.3 is 0 Å². The van der Waals surface area contributed by atoms with Crippen LogP contribution in [0.3, 0.4) is 0 Å². The van der Waals surface area contributed by atoms with Crippen molar-refractivity contribution in [2.75, 3.05) is 0 Å². The van der Waals surface area contributed by atoms with E-state index in [2.05, 4.69) is 10.1 Å². The minimum Gasteiger partial charge on any atom is -0.298 e. The Bertz CT molecular complexity index is 1070. The number of Topliss-reactive ketones (excluding diaryl/α,β-unsaturated/α-hetero) is 1. The van der Waals surface area contributed by atoms with E-state index in [1.165, 1.54) is 24.6 Å². The lowest BCUT2D eigenvalue weighted by Gasteiger charge is -2.15. The molecule has 1 aromatic carbocycles. The fourth-order valence-corrected chi connectivity index (χ4v) is 2.96. The number of nitrogens with zero attached hydrogens (tertiary/aromatic N) is 4. The van der Waals surface area contributed by atoms with Gasteiger partial charge in [-0.25, -0.2) is 18.4 Å². The Kier molecular flexibility index (Phi) is 5.47. The van der Waals surface area contributed by atoms with Crippen LogP contribution in [0, 0.1) is 0 Å². The van der Waals surface area contributed by atoms with Crippen molar-refractivity contribution in [1.29, 1.82) is 0 Å². The number of halogens is 2. The molecule has 2 aromatic heterocycles. The molecule has 3 rings (SSSR count). The fraction of sp³-hybridized carbons (Fsp3) is 0.300. The first kappa shape index (κ1) is 19.9. The molecular formula is C20H20ClFN4O2. The van der Waals surface area contributed by atoms with Gasteiger partial charge in [0.2, 0.25) is 0 Å². The molecule has 0 saturated carbocycles. The van der Waals surface area contributed by atoms with E-state index >= 15 is 0 Å². The lowest BCUT2D eigenvalue weighted by Crippen LogP contribution is -2.27. The molecular weight excluding hydrogens is 383 g/mol. The molecule has 8 heteroatoms. The van der Waals surface area contributed by atoms with Crippen LogP contribution in [-0.2, 0) is 17.0 Å². The van der Waals surface area contributed by atoms with Crippen LogP contribution in [-0.4, -0.2) is 25.1 Å². The van der Waals surface area contributed by atoms with E-state index in [0.717, 1.165) is 4.68 Å². The summed E-state index contributed by atoms with van der Waals surface area (Å²) in [5.41, 5.74) is -0.487. The molecule has 0 spiro atoms. The number of ketones is 1. The molecule has 2 heterocycles. The second-order valence-electron chi connectivity index (χ2n) is 6.87. The van der Waals surface area contributed by atoms with Gasteiger partial charge in [-0.15, -0.1) is 5.10 Å². The summed E-state index contributed by atoms with van der Waals surface area (Å²) in [5.74, 6) is 0.169. The Hall–Kier alpha value is -2.80. The number of alkyl halides is 1. The standard InChI is InChI=1S/C20H20ClFN4O2/c1-4-15(27)12-25-19(28)26(14-7-5-13(6-8-14)20(2,3)22)18(24-25)16-9-10-23-11-17(16)21/h5-11H,4,12H2,1-3H3. The van der Waals surface area contributed by atoms with Crippen molar-refractivity contribution in [3.05, 3.63) is 63.8 Å². The van der Waals surface area contributed by atoms with Crippen LogP contribution >= 0.6 is 11.6 Å². The zero-order valence-electron chi connectivity index (χ0n) is 15.8. The molecule has 3 aromatic rings. The van der Waals surface area contributed by atoms with Crippen LogP contribution in [0.15, 0.2) is 47.5 Å². The van der Waals surface area contributed by atoms with Gasteiger partial charge in [0.05, 0.1) is 10.7 Å². The molecule has 0 unspecified atom stereocenters. The second-order valence-corrected chi connectivity index (χ2v) is 7.27. The highest BCUT2D eigenvalue weighted by molar-refractivity contribution is 6.33. The monoisotopic (exact) mass is 402 g/mol. The SMILES string of the molecule is CCC(=O)Cn1nc(-c2ccncc2Cl)n(-c2ccc(C(C)(C)F)cc2)c1=O. The molecule has 0 aliphatic rings. The minimum absolute atomic E-state index is 0.117. The summed E-state index contributed by atoms with van der Waals surface area (Å²) < 4.78 is 16.6. The van der Waals surface area contributed by atoms with E-state index in [4.69, 9.17) is 11.6 Å². The molecule has 0 atom stereocenters. The van der Waals surface area contributed by atoms with Gasteiger partial charge in [0.25, 0.3) is 0 Å². The Morgan fingerprint density at radius 1 is 1.21 bits per heavy atom. The zero-order valence-corrected chi connectivity index (χ0v) is 16.6. The second kappa shape index (κ2) is 7.67. The highest BCUT2D eigenvalue weighted by Gasteiger charge is 2.22. The average Bonchev–Trinajstić information content (AvgIpc) is 2.97. The summed E-state index contributed by atoms with van der Waals surface area (Å²) in [6.07, 6.45) is 3.29. The van der Waals surface area contributed by atoms with Crippen molar-refractivity contribution in [1.82, 2.24) is 19.3 Å². The van der Waals surface area contributed by atoms with Gasteiger partial charge in [0.15, 0.2) is 11.6 Å². The van der Waals surface area contributed by atoms with Crippen molar-refractivity contribution in [2.45, 2.75) is 39.4 Å². The molecule has 6 nitrogen and oxygen atoms in total. The minimum atomic E-state index is -1.50. The predicted molar refractivity (Wildman–Crippen MR) is 105 cm³/mol. The maximum Gasteiger partial charge on any atom is 0.351 e. The number of carbonyl (C=O) groups excluding carboxylic acids is 1. The number of carbonyl (C=O) groups is 1. The Morgan fingerprint density at radius 2 is 1.89 bits per heavy atom. The number of rotatable bonds is 6. The third kappa shape index (κ3) is 3.89. The summed E-state index contributed by atoms with van der Waals surface area (Å²) >= 11 is 6.25. The number of benzene rings is 1. The number of hydrogen-bond donors (Lipinski definition) is 0. The summed E-state index contributed by atoms with van der Waals surface area (Å²) in [4.78, 5) is 28.8. The fourth-order valence-electron chi connectivity index (χ4n) is 2.76. The number of pyridine rings is 1. The first-order chi connectivity index (χ1) is 13.2. The molecule has 0 fully saturated rings. The van der Waals surface area contributed by atoms with Gasteiger partial charge in [-0.05, 0) is 37.6 Å². The van der Waals surface area contributed by atoms with Crippen molar-refractivity contribution < 1.29 is 9.18 Å². The van der Waals surface area contributed by atoms with Crippen molar-refractivity contribution >= 4 is 17.4 Å². The highest BCUT2D eigenvalue weighted by atomic mass is 35.5. The predicted octanol–water partition coefficient (Wildman–Crippen LogP) is 3.93. The van der Waals surface area contributed by atoms with E-state index in [1.807, 2.05) is 0 Å². The van der Waals surface area contributed by atoms with Gasteiger partial charge in [0, 0.05) is 24.4 Å². The van der Waals surface area contributed by atoms with Crippen molar-refractivity contribution in [3.63, 3.8) is 0 Å². The van der Waals surface area contributed by atoms with Gasteiger partial charge >= 0.3 is 5.69 Å². The van der Waals surface area contributed by atoms with Gasteiger partial charge in [-0.1, -0.05) is 30.7 Å². The molecule has 0 bridgehead atoms. The van der Waals surface area contributed by atoms with E-state index in [0.29, 0.717) is 28.3 Å². The third-order valence-electron chi connectivity index (χ3n) is 4.39. The molecule has 0 amide bonds. The van der Waals surface area contributed by atoms with Crippen LogP contribution in [0.4, 0.5) is 4.39 Å². The van der Waals surface area contributed by atoms with E-state index < -0.39 is 11.4 Å². The topological polar surface area (TPSA) is 69.8 Å². The van der Waals surface area contributed by atoms with Crippen LogP contribution in [0.1, 0.15) is 32.8 Å². The first-order valence-electron chi connectivity index (χ1n) is 8.83. The highest BCUT2D eigenvalue weighted by Crippen LogP contribution is 2.28. The lowest BCUT2D eigenvalue weighted by molar-refractivity contribution is -0.119. The zero-order chi connectivity index (χ0) is 20.5. The van der Waals surface area contributed by atoms with Crippen molar-refractivity contribution in [3.8, 4) is 17.1 Å². The van der Waals surface area contributed by atoms with Gasteiger partial charge in [-0.3, -0.25) is 9.78 Å². The molecule has 0 aliphatic carbocycles. The average molecular weight is 403 g/mol. The largest absolute Gasteiger partial charge is 0.351 e. The van der Waals surface area contributed by atoms with E-state index in [-0.39, 0.29) is 18.2 Å². The van der Waals surface area contributed by atoms with Gasteiger partial charge in [0.1, 0.15) is 12.2 Å². The van der Waals surface area contributed by atoms with Crippen LogP contribution < -0.4 is 5.69 Å². The quantitative estimate of drug-likeness (QED) is 0.626. The Balaban J connectivity index is 2.20. The third-order valence-corrected chi connectivity index (χ3v) is 4.69. The smallest absolute Gasteiger partial charge is 0.298 e. The van der Waals surface area contributed by atoms with Crippen molar-refractivity contribution in [2.24, 2.45) is 0 Å². The molecule has 0 N–H and O–H groups in total.